The predicted octanol–water partition coefficient (Wildman–Crippen LogP) is 3.37. The van der Waals surface area contributed by atoms with Gasteiger partial charge in [0.05, 0.1) is 12.4 Å². The van der Waals surface area contributed by atoms with Crippen molar-refractivity contribution in [3.8, 4) is 0 Å². The van der Waals surface area contributed by atoms with Crippen molar-refractivity contribution in [3.05, 3.63) is 106 Å². The van der Waals surface area contributed by atoms with Gasteiger partial charge in [-0.2, -0.15) is 9.97 Å². The van der Waals surface area contributed by atoms with Crippen LogP contribution in [0, 0.1) is 11.6 Å². The van der Waals surface area contributed by atoms with Crippen LogP contribution >= 0.6 is 36.0 Å². The Kier molecular flexibility index (Phi) is 11.6. The number of nitrogens with one attached hydrogen (secondary N) is 1. The van der Waals surface area contributed by atoms with Crippen LogP contribution in [0.4, 0.5) is 31.8 Å². The lowest BCUT2D eigenvalue weighted by atomic mass is 10.3. The van der Waals surface area contributed by atoms with E-state index in [4.69, 9.17) is 47.5 Å². The lowest BCUT2D eigenvalue weighted by Gasteiger charge is -2.20. The molecule has 4 rings (SSSR count). The average Bonchev–Trinajstić information content (AvgIpc) is 2.93. The molecule has 5 N–H and O–H groups in total. The van der Waals surface area contributed by atoms with E-state index in [0.717, 1.165) is 28.3 Å². The van der Waals surface area contributed by atoms with E-state index in [1.165, 1.54) is 0 Å². The van der Waals surface area contributed by atoms with Gasteiger partial charge in [-0.1, -0.05) is 48.0 Å². The number of aromatic amines is 1. The number of nitrogen functional groups attached to an aromatic ring is 2. The molecule has 0 atom stereocenters. The largest absolute Gasteiger partial charge is 0.383 e. The van der Waals surface area contributed by atoms with Gasteiger partial charge in [-0.3, -0.25) is 4.98 Å². The molecular weight excluding hydrogens is 570 g/mol. The van der Waals surface area contributed by atoms with Gasteiger partial charge in [0.2, 0.25) is 0 Å². The smallest absolute Gasteiger partial charge is 0.356 e. The summed E-state index contributed by atoms with van der Waals surface area (Å²) >= 11 is 15.6. The van der Waals surface area contributed by atoms with Gasteiger partial charge in [0.25, 0.3) is 0 Å². The Balaban J connectivity index is 0.000000226. The number of thiocarbonyl (C=S) groups is 2. The molecule has 0 radical (unpaired) electrons. The number of nitrogens with zero attached hydrogens (tertiary/aromatic N) is 5. The molecule has 15 heteroatoms. The Bertz CT molecular complexity index is 1540. The number of H-pyrrole nitrogens is 1. The molecule has 0 aliphatic heterocycles. The van der Waals surface area contributed by atoms with Crippen LogP contribution in [0.1, 0.15) is 0 Å². The van der Waals surface area contributed by atoms with Gasteiger partial charge in [0.15, 0.2) is 27.0 Å². The first-order chi connectivity index (χ1) is 18.4. The highest BCUT2D eigenvalue weighted by Gasteiger charge is 2.13. The minimum atomic E-state index is -0.789. The van der Waals surface area contributed by atoms with Gasteiger partial charge in [0.1, 0.15) is 5.82 Å². The Labute approximate surface area is 237 Å². The van der Waals surface area contributed by atoms with Crippen molar-refractivity contribution in [2.75, 3.05) is 35.4 Å². The van der Waals surface area contributed by atoms with Gasteiger partial charge in [-0.05, 0) is 48.7 Å². The molecule has 4 aromatic rings. The second-order valence-electron chi connectivity index (χ2n) is 7.40. The molecule has 2 heterocycles. The van der Waals surface area contributed by atoms with Crippen molar-refractivity contribution < 1.29 is 8.78 Å². The minimum absolute atomic E-state index is 0.114. The number of hydrogen-bond acceptors (Lipinski definition) is 8. The molecule has 0 aliphatic carbocycles. The normalized spacial score (nSPS) is 9.77. The fourth-order valence-corrected chi connectivity index (χ4v) is 3.09. The molecule has 10 nitrogen and oxygen atoms in total. The van der Waals surface area contributed by atoms with E-state index in [9.17, 15) is 18.4 Å². The molecule has 0 aliphatic rings. The Hall–Kier alpha value is -4.27. The van der Waals surface area contributed by atoms with Crippen LogP contribution in [0.5, 0.6) is 0 Å². The SMILES string of the molecule is CN(C(=S)Cl)c1ccccc1.CN(C(=S)n1cc(F)c(N)nc1=O)c1ccccc1.Nc1[nH]c(=O)ncc1F. The van der Waals surface area contributed by atoms with Gasteiger partial charge < -0.3 is 21.3 Å². The van der Waals surface area contributed by atoms with Gasteiger partial charge in [-0.15, -0.1) is 0 Å². The lowest BCUT2D eigenvalue weighted by Crippen LogP contribution is -2.39. The molecule has 2 aromatic carbocycles. The number of halogens is 3. The van der Waals surface area contributed by atoms with Gasteiger partial charge in [-0.25, -0.2) is 22.9 Å². The fourth-order valence-electron chi connectivity index (χ4n) is 2.65. The molecule has 0 fully saturated rings. The summed E-state index contributed by atoms with van der Waals surface area (Å²) in [6, 6.07) is 18.9. The minimum Gasteiger partial charge on any atom is -0.383 e. The van der Waals surface area contributed by atoms with Crippen LogP contribution in [0.3, 0.4) is 0 Å². The van der Waals surface area contributed by atoms with Crippen LogP contribution in [0.2, 0.25) is 0 Å². The summed E-state index contributed by atoms with van der Waals surface area (Å²) in [6.07, 6.45) is 1.71. The highest BCUT2D eigenvalue weighted by molar-refractivity contribution is 7.83. The van der Waals surface area contributed by atoms with Crippen molar-refractivity contribution in [1.82, 2.24) is 19.5 Å². The van der Waals surface area contributed by atoms with Gasteiger partial charge in [0, 0.05) is 25.5 Å². The topological polar surface area (TPSA) is 139 Å². The third kappa shape index (κ3) is 9.21. The summed E-state index contributed by atoms with van der Waals surface area (Å²) in [5.74, 6) is -2.22. The van der Waals surface area contributed by atoms with E-state index >= 15 is 0 Å². The van der Waals surface area contributed by atoms with Crippen molar-refractivity contribution in [2.45, 2.75) is 0 Å². The number of hydrogen-bond donors (Lipinski definition) is 3. The van der Waals surface area contributed by atoms with Crippen LogP contribution in [0.25, 0.3) is 0 Å². The third-order valence-corrected chi connectivity index (χ3v) is 5.75. The first-order valence-corrected chi connectivity index (χ1v) is 12.0. The van der Waals surface area contributed by atoms with Crippen molar-refractivity contribution >= 4 is 68.6 Å². The molecule has 0 bridgehead atoms. The number of rotatable bonds is 2. The number of para-hydroxylation sites is 2. The van der Waals surface area contributed by atoms with E-state index in [2.05, 4.69) is 9.97 Å². The first kappa shape index (κ1) is 31.0. The van der Waals surface area contributed by atoms with Gasteiger partial charge >= 0.3 is 11.4 Å². The van der Waals surface area contributed by atoms with E-state index in [-0.39, 0.29) is 10.9 Å². The summed E-state index contributed by atoms with van der Waals surface area (Å²) in [6.45, 7) is 0. The summed E-state index contributed by atoms with van der Waals surface area (Å²) in [5, 5.41) is 0.114. The van der Waals surface area contributed by atoms with E-state index < -0.39 is 28.8 Å². The van der Waals surface area contributed by atoms with Crippen molar-refractivity contribution in [1.29, 1.82) is 0 Å². The summed E-state index contributed by atoms with van der Waals surface area (Å²) in [7, 11) is 3.52. The van der Waals surface area contributed by atoms with E-state index in [0.29, 0.717) is 4.45 Å². The van der Waals surface area contributed by atoms with Crippen LogP contribution in [0.15, 0.2) is 82.6 Å². The van der Waals surface area contributed by atoms with Crippen LogP contribution in [-0.4, -0.2) is 43.2 Å². The maximum Gasteiger partial charge on any atom is 0.356 e. The van der Waals surface area contributed by atoms with Crippen LogP contribution in [-0.2, 0) is 0 Å². The second-order valence-corrected chi connectivity index (χ2v) is 8.74. The third-order valence-electron chi connectivity index (χ3n) is 4.75. The first-order valence-electron chi connectivity index (χ1n) is 10.8. The second kappa shape index (κ2) is 14.6. The number of aromatic nitrogens is 4. The molecule has 39 heavy (non-hydrogen) atoms. The molecule has 0 unspecified atom stereocenters. The number of benzene rings is 2. The summed E-state index contributed by atoms with van der Waals surface area (Å²) in [4.78, 5) is 33.6. The molecule has 0 saturated carbocycles. The van der Waals surface area contributed by atoms with Crippen molar-refractivity contribution in [3.63, 3.8) is 0 Å². The molecule has 204 valence electrons. The summed E-state index contributed by atoms with van der Waals surface area (Å²) in [5.41, 5.74) is 10.6. The molecule has 2 aromatic heterocycles. The zero-order chi connectivity index (χ0) is 29.1. The Morgan fingerprint density at radius 3 is 1.90 bits per heavy atom. The zero-order valence-electron chi connectivity index (χ0n) is 20.6. The fraction of sp³-hybridized carbons (Fsp3) is 0.0833. The van der Waals surface area contributed by atoms with Crippen molar-refractivity contribution in [2.24, 2.45) is 0 Å². The quantitative estimate of drug-likeness (QED) is 0.180. The van der Waals surface area contributed by atoms with Crippen LogP contribution < -0.4 is 32.6 Å². The zero-order valence-corrected chi connectivity index (χ0v) is 23.0. The van der Waals surface area contributed by atoms with E-state index in [1.54, 1.807) is 16.8 Å². The Morgan fingerprint density at radius 2 is 1.44 bits per heavy atom. The maximum atomic E-state index is 13.4. The maximum absolute atomic E-state index is 13.4. The number of anilines is 4. The molecule has 0 amide bonds. The monoisotopic (exact) mass is 592 g/mol. The molecular formula is C24H23ClF2N8O2S2. The summed E-state index contributed by atoms with van der Waals surface area (Å²) < 4.78 is 26.8. The standard InChI is InChI=1S/C12H11FN4OS.C8H8ClNS.C4H4FN3O/c1-16(8-5-3-2-4-6-8)12(19)17-7-9(13)10(14)15-11(17)18;1-10(8(9)11)7-5-3-2-4-6-7;5-2-1-7-4(9)8-3(2)6/h2-7H,1H3,(H2,14,15,18);2-6H,1H3;1H,(H3,6,7,8,9). The number of nitrogens with two attached hydrogens (primary N) is 2. The Morgan fingerprint density at radius 1 is 0.923 bits per heavy atom. The highest BCUT2D eigenvalue weighted by atomic mass is 35.5. The molecule has 0 spiro atoms. The predicted molar refractivity (Wildman–Crippen MR) is 158 cm³/mol. The van der Waals surface area contributed by atoms with E-state index in [1.807, 2.05) is 72.7 Å². The lowest BCUT2D eigenvalue weighted by molar-refractivity contribution is 0.610. The molecule has 0 saturated heterocycles. The highest BCUT2D eigenvalue weighted by Crippen LogP contribution is 2.13. The average molecular weight is 593 g/mol.